The number of nitro benzene ring substituents is 1. The summed E-state index contributed by atoms with van der Waals surface area (Å²) < 4.78 is 5.17. The minimum atomic E-state index is -0.999. The Morgan fingerprint density at radius 2 is 1.78 bits per heavy atom. The summed E-state index contributed by atoms with van der Waals surface area (Å²) in [6, 6.07) is 13.9. The van der Waals surface area contributed by atoms with E-state index in [1.54, 1.807) is 50.2 Å². The maximum Gasteiger partial charge on any atom is 0.310 e. The van der Waals surface area contributed by atoms with Crippen molar-refractivity contribution in [1.82, 2.24) is 4.98 Å². The molecule has 1 atom stereocenters. The van der Waals surface area contributed by atoms with Crippen LogP contribution in [0.4, 0.5) is 11.4 Å². The molecule has 0 bridgehead atoms. The van der Waals surface area contributed by atoms with Crippen molar-refractivity contribution in [1.29, 1.82) is 0 Å². The molecule has 0 spiro atoms. The van der Waals surface area contributed by atoms with Gasteiger partial charge in [0.2, 0.25) is 0 Å². The number of aromatic nitrogens is 1. The molecule has 10 nitrogen and oxygen atoms in total. The zero-order valence-electron chi connectivity index (χ0n) is 20.0. The SMILES string of the molecule is CC(C)OC(=O)Cc1ccc(N2C(=O)C(=O)/C(=C(\O)c3ccc([N+](=O)[O-])cc3)C2c2cccnc2)cc1. The van der Waals surface area contributed by atoms with Gasteiger partial charge in [-0.25, -0.2) is 0 Å². The summed E-state index contributed by atoms with van der Waals surface area (Å²) in [6.45, 7) is 3.51. The van der Waals surface area contributed by atoms with E-state index in [9.17, 15) is 29.6 Å². The van der Waals surface area contributed by atoms with E-state index in [1.807, 2.05) is 0 Å². The average Bonchev–Trinajstić information content (AvgIpc) is 3.14. The van der Waals surface area contributed by atoms with Crippen LogP contribution >= 0.6 is 0 Å². The van der Waals surface area contributed by atoms with Crippen molar-refractivity contribution >= 4 is 34.8 Å². The molecule has 3 aromatic rings. The van der Waals surface area contributed by atoms with E-state index in [2.05, 4.69) is 4.98 Å². The van der Waals surface area contributed by atoms with Crippen molar-refractivity contribution < 1.29 is 29.2 Å². The fraction of sp³-hybridized carbons (Fsp3) is 0.185. The fourth-order valence-corrected chi connectivity index (χ4v) is 4.09. The number of pyridine rings is 1. The maximum absolute atomic E-state index is 13.2. The Labute approximate surface area is 212 Å². The number of carbonyl (C=O) groups excluding carboxylic acids is 3. The second kappa shape index (κ2) is 10.4. The molecule has 1 N–H and O–H groups in total. The number of ketones is 1. The quantitative estimate of drug-likeness (QED) is 0.127. The molecule has 1 fully saturated rings. The highest BCUT2D eigenvalue weighted by molar-refractivity contribution is 6.51. The number of Topliss-reactive ketones (excluding diaryl/α,β-unsaturated/α-hetero) is 1. The van der Waals surface area contributed by atoms with E-state index in [1.165, 1.54) is 41.6 Å². The van der Waals surface area contributed by atoms with Gasteiger partial charge in [0.1, 0.15) is 5.76 Å². The summed E-state index contributed by atoms with van der Waals surface area (Å²) in [4.78, 5) is 54.2. The second-order valence-corrected chi connectivity index (χ2v) is 8.64. The number of nitrogens with zero attached hydrogens (tertiary/aromatic N) is 3. The second-order valence-electron chi connectivity index (χ2n) is 8.64. The van der Waals surface area contributed by atoms with Gasteiger partial charge >= 0.3 is 5.97 Å². The predicted molar refractivity (Wildman–Crippen MR) is 133 cm³/mol. The van der Waals surface area contributed by atoms with E-state index in [4.69, 9.17) is 4.74 Å². The zero-order valence-corrected chi connectivity index (χ0v) is 20.0. The largest absolute Gasteiger partial charge is 0.507 e. The predicted octanol–water partition coefficient (Wildman–Crippen LogP) is 4.11. The number of aliphatic hydroxyl groups excluding tert-OH is 1. The summed E-state index contributed by atoms with van der Waals surface area (Å²) in [5.74, 6) is -2.61. The first-order valence-electron chi connectivity index (χ1n) is 11.4. The first-order valence-corrected chi connectivity index (χ1v) is 11.4. The first-order chi connectivity index (χ1) is 17.7. The molecule has 1 aliphatic heterocycles. The topological polar surface area (TPSA) is 140 Å². The number of nitro groups is 1. The van der Waals surface area contributed by atoms with E-state index in [-0.39, 0.29) is 35.3 Å². The molecule has 0 radical (unpaired) electrons. The number of rotatable bonds is 7. The molecule has 37 heavy (non-hydrogen) atoms. The van der Waals surface area contributed by atoms with E-state index < -0.39 is 28.4 Å². The smallest absolute Gasteiger partial charge is 0.310 e. The van der Waals surface area contributed by atoms with Gasteiger partial charge in [-0.05, 0) is 55.3 Å². The zero-order chi connectivity index (χ0) is 26.7. The lowest BCUT2D eigenvalue weighted by molar-refractivity contribution is -0.384. The van der Waals surface area contributed by atoms with E-state index in [0.717, 1.165) is 0 Å². The van der Waals surface area contributed by atoms with Crippen LogP contribution in [-0.2, 0) is 25.5 Å². The van der Waals surface area contributed by atoms with Crippen molar-refractivity contribution in [2.24, 2.45) is 0 Å². The number of aliphatic hydroxyl groups is 1. The van der Waals surface area contributed by atoms with Crippen molar-refractivity contribution in [3.05, 3.63) is 105 Å². The Hall–Kier alpha value is -4.86. The van der Waals surface area contributed by atoms with Gasteiger partial charge in [-0.3, -0.25) is 34.4 Å². The highest BCUT2D eigenvalue weighted by Gasteiger charge is 2.47. The number of benzene rings is 2. The van der Waals surface area contributed by atoms with Crippen LogP contribution in [-0.4, -0.2) is 38.8 Å². The number of esters is 1. The van der Waals surface area contributed by atoms with Crippen LogP contribution in [0.3, 0.4) is 0 Å². The molecule has 1 aliphatic rings. The Morgan fingerprint density at radius 3 is 2.35 bits per heavy atom. The summed E-state index contributed by atoms with van der Waals surface area (Å²) in [5, 5.41) is 22.1. The number of ether oxygens (including phenoxy) is 1. The summed E-state index contributed by atoms with van der Waals surface area (Å²) >= 11 is 0. The molecule has 1 unspecified atom stereocenters. The van der Waals surface area contributed by atoms with E-state index >= 15 is 0 Å². The van der Waals surface area contributed by atoms with Crippen molar-refractivity contribution in [3.63, 3.8) is 0 Å². The van der Waals surface area contributed by atoms with Gasteiger partial charge in [0.05, 0.1) is 29.1 Å². The van der Waals surface area contributed by atoms with Crippen molar-refractivity contribution in [2.75, 3.05) is 4.90 Å². The van der Waals surface area contributed by atoms with Crippen LogP contribution < -0.4 is 4.90 Å². The lowest BCUT2D eigenvalue weighted by Crippen LogP contribution is -2.29. The average molecular weight is 501 g/mol. The highest BCUT2D eigenvalue weighted by Crippen LogP contribution is 2.42. The lowest BCUT2D eigenvalue weighted by Gasteiger charge is -2.25. The summed E-state index contributed by atoms with van der Waals surface area (Å²) in [5.41, 5.74) is 1.32. The Balaban J connectivity index is 1.76. The molecule has 4 rings (SSSR count). The monoisotopic (exact) mass is 501 g/mol. The molecule has 2 aromatic carbocycles. The van der Waals surface area contributed by atoms with Crippen molar-refractivity contribution in [2.45, 2.75) is 32.4 Å². The van der Waals surface area contributed by atoms with Crippen molar-refractivity contribution in [3.8, 4) is 0 Å². The van der Waals surface area contributed by atoms with Gasteiger partial charge in [-0.2, -0.15) is 0 Å². The third-order valence-corrected chi connectivity index (χ3v) is 5.73. The molecule has 1 aromatic heterocycles. The van der Waals surface area contributed by atoms with Crippen LogP contribution in [0.15, 0.2) is 78.6 Å². The number of carbonyl (C=O) groups is 3. The molecule has 2 heterocycles. The standard InChI is InChI=1S/C27H23N3O7/c1-16(2)37-22(31)14-17-5-9-20(10-6-17)29-24(19-4-3-13-28-15-19)23(26(33)27(29)34)25(32)18-7-11-21(12-8-18)30(35)36/h3-13,15-16,24,32H,14H2,1-2H3/b25-23-. The van der Waals surface area contributed by atoms with Crippen LogP contribution in [0.25, 0.3) is 5.76 Å². The molecule has 188 valence electrons. The molecule has 1 amide bonds. The molecular formula is C27H23N3O7. The van der Waals surface area contributed by atoms with Gasteiger partial charge in [-0.15, -0.1) is 0 Å². The van der Waals surface area contributed by atoms with Gasteiger partial charge in [-0.1, -0.05) is 18.2 Å². The summed E-state index contributed by atoms with van der Waals surface area (Å²) in [7, 11) is 0. The minimum Gasteiger partial charge on any atom is -0.507 e. The molecule has 10 heteroatoms. The number of hydrogen-bond donors (Lipinski definition) is 1. The third kappa shape index (κ3) is 5.22. The molecular weight excluding hydrogens is 478 g/mol. The van der Waals surface area contributed by atoms with Gasteiger partial charge in [0.15, 0.2) is 0 Å². The number of amides is 1. The van der Waals surface area contributed by atoms with Crippen LogP contribution in [0.2, 0.25) is 0 Å². The Morgan fingerprint density at radius 1 is 1.11 bits per heavy atom. The fourth-order valence-electron chi connectivity index (χ4n) is 4.09. The maximum atomic E-state index is 13.2. The molecule has 0 saturated carbocycles. The first kappa shape index (κ1) is 25.2. The summed E-state index contributed by atoms with van der Waals surface area (Å²) in [6.07, 6.45) is 2.83. The third-order valence-electron chi connectivity index (χ3n) is 5.73. The molecule has 0 aliphatic carbocycles. The number of anilines is 1. The lowest BCUT2D eigenvalue weighted by atomic mass is 9.96. The Bertz CT molecular complexity index is 1380. The Kier molecular flexibility index (Phi) is 7.10. The van der Waals surface area contributed by atoms with Gasteiger partial charge in [0.25, 0.3) is 17.4 Å². The van der Waals surface area contributed by atoms with Crippen LogP contribution in [0.1, 0.15) is 36.6 Å². The normalized spacial score (nSPS) is 16.7. The molecule has 1 saturated heterocycles. The van der Waals surface area contributed by atoms with Gasteiger partial charge in [0, 0.05) is 35.8 Å². The van der Waals surface area contributed by atoms with Gasteiger partial charge < -0.3 is 9.84 Å². The van der Waals surface area contributed by atoms with E-state index in [0.29, 0.717) is 16.8 Å². The number of non-ortho nitro benzene ring substituents is 1. The van der Waals surface area contributed by atoms with Crippen LogP contribution in [0, 0.1) is 10.1 Å². The number of hydrogen-bond acceptors (Lipinski definition) is 8. The van der Waals surface area contributed by atoms with Crippen LogP contribution in [0.5, 0.6) is 0 Å². The highest BCUT2D eigenvalue weighted by atomic mass is 16.6. The minimum absolute atomic E-state index is 0.0451.